The Morgan fingerprint density at radius 1 is 1.15 bits per heavy atom. The number of anilines is 1. The topological polar surface area (TPSA) is 72.7 Å². The first-order chi connectivity index (χ1) is 15.8. The van der Waals surface area contributed by atoms with Crippen LogP contribution in [0.3, 0.4) is 0 Å². The van der Waals surface area contributed by atoms with E-state index < -0.39 is 4.92 Å². The molecule has 0 aliphatic carbocycles. The summed E-state index contributed by atoms with van der Waals surface area (Å²) in [4.78, 5) is 25.6. The van der Waals surface area contributed by atoms with Gasteiger partial charge in [-0.15, -0.1) is 0 Å². The molecule has 3 aromatic carbocycles. The minimum absolute atomic E-state index is 0.0266. The summed E-state index contributed by atoms with van der Waals surface area (Å²) in [6.45, 7) is 2.17. The van der Waals surface area contributed by atoms with E-state index in [2.05, 4.69) is 15.9 Å². The maximum Gasteiger partial charge on any atom is 0.270 e. The predicted molar refractivity (Wildman–Crippen MR) is 138 cm³/mol. The molecule has 33 heavy (non-hydrogen) atoms. The summed E-state index contributed by atoms with van der Waals surface area (Å²) in [5, 5.41) is 10.8. The Kier molecular flexibility index (Phi) is 6.92. The number of benzene rings is 3. The summed E-state index contributed by atoms with van der Waals surface area (Å²) in [7, 11) is 0. The molecule has 4 rings (SSSR count). The first kappa shape index (κ1) is 23.2. The second-order valence-corrected chi connectivity index (χ2v) is 9.79. The van der Waals surface area contributed by atoms with Crippen molar-refractivity contribution in [1.82, 2.24) is 0 Å². The number of thiocarbonyl (C=S) groups is 1. The average molecular weight is 541 g/mol. The van der Waals surface area contributed by atoms with Gasteiger partial charge in [0.15, 0.2) is 4.32 Å². The fraction of sp³-hybridized carbons (Fsp3) is 0.0833. The summed E-state index contributed by atoms with van der Waals surface area (Å²) in [5.41, 5.74) is 3.27. The monoisotopic (exact) mass is 540 g/mol. The molecule has 0 spiro atoms. The smallest absolute Gasteiger partial charge is 0.270 e. The zero-order valence-electron chi connectivity index (χ0n) is 17.4. The zero-order valence-corrected chi connectivity index (χ0v) is 20.6. The summed E-state index contributed by atoms with van der Waals surface area (Å²) in [6.07, 6.45) is 1.77. The number of nitro groups is 1. The number of halogens is 1. The van der Waals surface area contributed by atoms with Gasteiger partial charge in [0.1, 0.15) is 12.4 Å². The number of carbonyl (C=O) groups is 1. The molecule has 0 N–H and O–H groups in total. The molecule has 0 unspecified atom stereocenters. The van der Waals surface area contributed by atoms with Crippen LogP contribution < -0.4 is 9.64 Å². The molecule has 0 bridgehead atoms. The van der Waals surface area contributed by atoms with E-state index in [1.807, 2.05) is 49.4 Å². The van der Waals surface area contributed by atoms with E-state index in [4.69, 9.17) is 17.0 Å². The van der Waals surface area contributed by atoms with Crippen molar-refractivity contribution < 1.29 is 14.5 Å². The van der Waals surface area contributed by atoms with Crippen LogP contribution in [0.4, 0.5) is 11.4 Å². The first-order valence-electron chi connectivity index (χ1n) is 9.83. The van der Waals surface area contributed by atoms with E-state index in [0.717, 1.165) is 26.9 Å². The molecule has 1 fully saturated rings. The number of para-hydroxylation sites is 1. The van der Waals surface area contributed by atoms with Gasteiger partial charge in [0.05, 0.1) is 15.5 Å². The standard InChI is InChI=1S/C24H17BrN2O4S2/c1-15-4-2-3-5-20(15)26-23(28)22(33-24(26)32)13-17-12-18(25)8-11-21(17)31-14-16-6-9-19(10-7-16)27(29)30/h2-13H,14H2,1H3/b22-13+. The Labute approximate surface area is 208 Å². The number of hydrogen-bond acceptors (Lipinski definition) is 6. The van der Waals surface area contributed by atoms with Gasteiger partial charge >= 0.3 is 0 Å². The molecular weight excluding hydrogens is 524 g/mol. The number of amides is 1. The SMILES string of the molecule is Cc1ccccc1N1C(=O)/C(=C\c2cc(Br)ccc2OCc2ccc([N+](=O)[O-])cc2)SC1=S. The number of aryl methyl sites for hydroxylation is 1. The minimum atomic E-state index is -0.440. The van der Waals surface area contributed by atoms with Crippen LogP contribution in [-0.2, 0) is 11.4 Å². The van der Waals surface area contributed by atoms with Crippen molar-refractivity contribution in [2.45, 2.75) is 13.5 Å². The number of rotatable bonds is 6. The van der Waals surface area contributed by atoms with E-state index in [1.165, 1.54) is 23.9 Å². The lowest BCUT2D eigenvalue weighted by Crippen LogP contribution is -2.28. The minimum Gasteiger partial charge on any atom is -0.488 e. The number of thioether (sulfide) groups is 1. The molecule has 1 heterocycles. The fourth-order valence-electron chi connectivity index (χ4n) is 3.27. The third-order valence-corrected chi connectivity index (χ3v) is 6.75. The maximum absolute atomic E-state index is 13.2. The van der Waals surface area contributed by atoms with Gasteiger partial charge in [0, 0.05) is 22.2 Å². The van der Waals surface area contributed by atoms with Gasteiger partial charge in [-0.25, -0.2) is 0 Å². The number of nitrogens with zero attached hydrogens (tertiary/aromatic N) is 2. The number of hydrogen-bond donors (Lipinski definition) is 0. The van der Waals surface area contributed by atoms with Gasteiger partial charge in [0.25, 0.3) is 11.6 Å². The van der Waals surface area contributed by atoms with Crippen molar-refractivity contribution in [3.05, 3.63) is 103 Å². The summed E-state index contributed by atoms with van der Waals surface area (Å²) in [6, 6.07) is 19.3. The Balaban J connectivity index is 1.58. The van der Waals surface area contributed by atoms with Gasteiger partial charge in [-0.05, 0) is 60.5 Å². The normalized spacial score (nSPS) is 14.7. The van der Waals surface area contributed by atoms with Gasteiger partial charge in [-0.2, -0.15) is 0 Å². The van der Waals surface area contributed by atoms with Crippen LogP contribution in [-0.4, -0.2) is 15.2 Å². The third kappa shape index (κ3) is 5.16. The highest BCUT2D eigenvalue weighted by Crippen LogP contribution is 2.38. The molecule has 1 aliphatic heterocycles. The van der Waals surface area contributed by atoms with Gasteiger partial charge in [0.2, 0.25) is 0 Å². The highest BCUT2D eigenvalue weighted by molar-refractivity contribution is 9.10. The molecule has 0 radical (unpaired) electrons. The molecular formula is C24H17BrN2O4S2. The lowest BCUT2D eigenvalue weighted by Gasteiger charge is -2.16. The molecule has 0 saturated carbocycles. The Morgan fingerprint density at radius 2 is 1.88 bits per heavy atom. The molecule has 3 aromatic rings. The van der Waals surface area contributed by atoms with Gasteiger partial charge < -0.3 is 4.74 Å². The lowest BCUT2D eigenvalue weighted by atomic mass is 10.1. The van der Waals surface area contributed by atoms with Crippen LogP contribution in [0.1, 0.15) is 16.7 Å². The summed E-state index contributed by atoms with van der Waals surface area (Å²) >= 11 is 10.2. The molecule has 1 saturated heterocycles. The van der Waals surface area contributed by atoms with Crippen LogP contribution in [0.25, 0.3) is 6.08 Å². The average Bonchev–Trinajstić information content (AvgIpc) is 3.06. The van der Waals surface area contributed by atoms with Crippen molar-refractivity contribution in [3.63, 3.8) is 0 Å². The number of non-ortho nitro benzene ring substituents is 1. The van der Waals surface area contributed by atoms with E-state index >= 15 is 0 Å². The summed E-state index contributed by atoms with van der Waals surface area (Å²) in [5.74, 6) is 0.401. The van der Waals surface area contributed by atoms with Crippen molar-refractivity contribution >= 4 is 67.6 Å². The quantitative estimate of drug-likeness (QED) is 0.151. The number of carbonyl (C=O) groups excluding carboxylic acids is 1. The molecule has 166 valence electrons. The molecule has 6 nitrogen and oxygen atoms in total. The lowest BCUT2D eigenvalue weighted by molar-refractivity contribution is -0.384. The van der Waals surface area contributed by atoms with E-state index in [1.54, 1.807) is 23.1 Å². The largest absolute Gasteiger partial charge is 0.488 e. The van der Waals surface area contributed by atoms with E-state index in [0.29, 0.717) is 15.0 Å². The fourth-order valence-corrected chi connectivity index (χ4v) is 4.92. The number of nitro benzene ring substituents is 1. The molecule has 0 atom stereocenters. The van der Waals surface area contributed by atoms with Crippen LogP contribution in [0.2, 0.25) is 0 Å². The van der Waals surface area contributed by atoms with Crippen LogP contribution >= 0.6 is 39.9 Å². The van der Waals surface area contributed by atoms with Crippen molar-refractivity contribution in [3.8, 4) is 5.75 Å². The Morgan fingerprint density at radius 3 is 2.58 bits per heavy atom. The van der Waals surface area contributed by atoms with Crippen molar-refractivity contribution in [2.24, 2.45) is 0 Å². The maximum atomic E-state index is 13.2. The van der Waals surface area contributed by atoms with Gasteiger partial charge in [-0.1, -0.05) is 58.1 Å². The molecule has 9 heteroatoms. The molecule has 0 aromatic heterocycles. The zero-order chi connectivity index (χ0) is 23.5. The second kappa shape index (κ2) is 9.86. The Bertz CT molecular complexity index is 1290. The van der Waals surface area contributed by atoms with Crippen LogP contribution in [0.15, 0.2) is 76.1 Å². The highest BCUT2D eigenvalue weighted by atomic mass is 79.9. The third-order valence-electron chi connectivity index (χ3n) is 4.95. The molecule has 1 aliphatic rings. The summed E-state index contributed by atoms with van der Waals surface area (Å²) < 4.78 is 7.29. The van der Waals surface area contributed by atoms with Crippen molar-refractivity contribution in [2.75, 3.05) is 4.90 Å². The molecule has 1 amide bonds. The van der Waals surface area contributed by atoms with Crippen LogP contribution in [0.5, 0.6) is 5.75 Å². The van der Waals surface area contributed by atoms with Crippen molar-refractivity contribution in [1.29, 1.82) is 0 Å². The highest BCUT2D eigenvalue weighted by Gasteiger charge is 2.34. The number of ether oxygens (including phenoxy) is 1. The van der Waals surface area contributed by atoms with E-state index in [9.17, 15) is 14.9 Å². The van der Waals surface area contributed by atoms with E-state index in [-0.39, 0.29) is 18.2 Å². The second-order valence-electron chi connectivity index (χ2n) is 7.20. The first-order valence-corrected chi connectivity index (χ1v) is 11.8. The van der Waals surface area contributed by atoms with Gasteiger partial charge in [-0.3, -0.25) is 19.8 Å². The Hall–Kier alpha value is -3.01. The predicted octanol–water partition coefficient (Wildman–Crippen LogP) is 6.65. The van der Waals surface area contributed by atoms with Crippen LogP contribution in [0, 0.1) is 17.0 Å².